The first-order valence-electron chi connectivity index (χ1n) is 4.00. The number of nitrogens with zero attached hydrogens (tertiary/aromatic N) is 1. The zero-order chi connectivity index (χ0) is 11.6. The Morgan fingerprint density at radius 2 is 2.20 bits per heavy atom. The number of hydrogen-bond acceptors (Lipinski definition) is 3. The third-order valence-electron chi connectivity index (χ3n) is 1.82. The van der Waals surface area contributed by atoms with Gasteiger partial charge in [-0.1, -0.05) is 0 Å². The van der Waals surface area contributed by atoms with Gasteiger partial charge in [-0.05, 0) is 35.1 Å². The second kappa shape index (κ2) is 4.82. The van der Waals surface area contributed by atoms with Crippen LogP contribution in [-0.2, 0) is 4.74 Å². The Balaban J connectivity index is 3.40. The Hall–Kier alpha value is -0.790. The molecule has 0 spiro atoms. The third kappa shape index (κ3) is 2.42. The van der Waals surface area contributed by atoms with Crippen molar-refractivity contribution in [3.05, 3.63) is 26.6 Å². The molecule has 15 heavy (non-hydrogen) atoms. The summed E-state index contributed by atoms with van der Waals surface area (Å²) < 4.78 is 30.2. The fraction of sp³-hybridized carbons (Fsp3) is 0.333. The van der Waals surface area contributed by atoms with E-state index in [9.17, 15) is 13.6 Å². The summed E-state index contributed by atoms with van der Waals surface area (Å²) in [6.07, 6.45) is -1.36. The van der Waals surface area contributed by atoms with Crippen molar-refractivity contribution in [3.63, 3.8) is 0 Å². The molecule has 0 bridgehead atoms. The van der Waals surface area contributed by atoms with Gasteiger partial charge in [0.25, 0.3) is 6.43 Å². The molecule has 0 fully saturated rings. The maximum absolute atomic E-state index is 12.7. The Bertz CT molecular complexity index is 396. The van der Waals surface area contributed by atoms with Crippen LogP contribution in [0.4, 0.5) is 8.78 Å². The molecule has 3 nitrogen and oxygen atoms in total. The van der Waals surface area contributed by atoms with Crippen LogP contribution in [0.1, 0.15) is 28.0 Å². The van der Waals surface area contributed by atoms with Crippen molar-refractivity contribution in [2.45, 2.75) is 13.3 Å². The monoisotopic (exact) mass is 327 g/mol. The highest BCUT2D eigenvalue weighted by molar-refractivity contribution is 14.1. The number of aromatic nitrogens is 1. The molecule has 0 radical (unpaired) electrons. The van der Waals surface area contributed by atoms with Crippen LogP contribution in [0.5, 0.6) is 0 Å². The molecule has 0 saturated heterocycles. The molecule has 1 aromatic rings. The van der Waals surface area contributed by atoms with E-state index in [1.807, 2.05) is 0 Å². The van der Waals surface area contributed by atoms with E-state index >= 15 is 0 Å². The number of methoxy groups -OCH3 is 1. The molecule has 0 N–H and O–H groups in total. The molecular weight excluding hydrogens is 319 g/mol. The number of ether oxygens (including phenoxy) is 1. The van der Waals surface area contributed by atoms with E-state index in [2.05, 4.69) is 9.72 Å². The Kier molecular flexibility index (Phi) is 3.95. The van der Waals surface area contributed by atoms with E-state index in [0.717, 1.165) is 7.11 Å². The zero-order valence-corrected chi connectivity index (χ0v) is 10.2. The second-order valence-electron chi connectivity index (χ2n) is 2.81. The Labute approximate surface area is 99.0 Å². The number of aryl methyl sites for hydroxylation is 1. The highest BCUT2D eigenvalue weighted by Crippen LogP contribution is 2.29. The van der Waals surface area contributed by atoms with Crippen molar-refractivity contribution in [2.24, 2.45) is 0 Å². The van der Waals surface area contributed by atoms with E-state index in [1.165, 1.54) is 6.20 Å². The minimum Gasteiger partial charge on any atom is -0.464 e. The number of halogens is 3. The molecule has 1 aromatic heterocycles. The topological polar surface area (TPSA) is 39.2 Å². The normalized spacial score (nSPS) is 10.5. The lowest BCUT2D eigenvalue weighted by molar-refractivity contribution is 0.0581. The lowest BCUT2D eigenvalue weighted by atomic mass is 10.1. The largest absolute Gasteiger partial charge is 0.464 e. The molecule has 0 atom stereocenters. The van der Waals surface area contributed by atoms with E-state index in [-0.39, 0.29) is 11.3 Å². The van der Waals surface area contributed by atoms with Crippen LogP contribution < -0.4 is 0 Å². The van der Waals surface area contributed by atoms with Crippen LogP contribution in [0.3, 0.4) is 0 Å². The number of alkyl halides is 2. The van der Waals surface area contributed by atoms with Gasteiger partial charge in [0.2, 0.25) is 0 Å². The molecule has 0 aliphatic carbocycles. The minimum atomic E-state index is -2.74. The van der Waals surface area contributed by atoms with Crippen molar-refractivity contribution in [1.29, 1.82) is 0 Å². The summed E-state index contributed by atoms with van der Waals surface area (Å²) in [5.74, 6) is -0.844. The van der Waals surface area contributed by atoms with E-state index in [4.69, 9.17) is 0 Å². The Morgan fingerprint density at radius 1 is 1.60 bits per heavy atom. The number of esters is 1. The predicted octanol–water partition coefficient (Wildman–Crippen LogP) is 2.72. The highest BCUT2D eigenvalue weighted by atomic mass is 127. The molecule has 6 heteroatoms. The molecule has 0 saturated carbocycles. The van der Waals surface area contributed by atoms with E-state index < -0.39 is 12.4 Å². The van der Waals surface area contributed by atoms with Crippen molar-refractivity contribution >= 4 is 28.6 Å². The van der Waals surface area contributed by atoms with Gasteiger partial charge < -0.3 is 4.74 Å². The molecule has 1 rings (SSSR count). The molecule has 0 unspecified atom stereocenters. The summed E-state index contributed by atoms with van der Waals surface area (Å²) in [6.45, 7) is 1.65. The van der Waals surface area contributed by atoms with Gasteiger partial charge in [0, 0.05) is 9.77 Å². The van der Waals surface area contributed by atoms with Gasteiger partial charge in [-0.15, -0.1) is 0 Å². The molecule has 1 heterocycles. The smallest absolute Gasteiger partial charge is 0.357 e. The summed E-state index contributed by atoms with van der Waals surface area (Å²) in [5.41, 5.74) is -0.0662. The fourth-order valence-electron chi connectivity index (χ4n) is 1.06. The van der Waals surface area contributed by atoms with Gasteiger partial charge in [0.05, 0.1) is 12.7 Å². The van der Waals surface area contributed by atoms with E-state index in [1.54, 1.807) is 29.5 Å². The third-order valence-corrected chi connectivity index (χ3v) is 3.25. The van der Waals surface area contributed by atoms with Gasteiger partial charge in [0.15, 0.2) is 5.69 Å². The number of carbonyl (C=O) groups excluding carboxylic acids is 1. The van der Waals surface area contributed by atoms with Gasteiger partial charge in [-0.3, -0.25) is 0 Å². The van der Waals surface area contributed by atoms with Gasteiger partial charge in [0.1, 0.15) is 0 Å². The fourth-order valence-corrected chi connectivity index (χ4v) is 1.69. The first kappa shape index (κ1) is 12.3. The zero-order valence-electron chi connectivity index (χ0n) is 8.05. The lowest BCUT2D eigenvalue weighted by Crippen LogP contribution is -2.11. The predicted molar refractivity (Wildman–Crippen MR) is 58.0 cm³/mol. The maximum Gasteiger partial charge on any atom is 0.357 e. The van der Waals surface area contributed by atoms with Crippen LogP contribution in [0, 0.1) is 10.5 Å². The van der Waals surface area contributed by atoms with Gasteiger partial charge in [-0.25, -0.2) is 18.6 Å². The lowest BCUT2D eigenvalue weighted by Gasteiger charge is -2.10. The van der Waals surface area contributed by atoms with Crippen molar-refractivity contribution in [1.82, 2.24) is 4.98 Å². The number of carbonyl (C=O) groups is 1. The first-order valence-corrected chi connectivity index (χ1v) is 5.08. The summed E-state index contributed by atoms with van der Waals surface area (Å²) in [7, 11) is 1.13. The summed E-state index contributed by atoms with van der Waals surface area (Å²) in [4.78, 5) is 14.9. The summed E-state index contributed by atoms with van der Waals surface area (Å²) >= 11 is 1.77. The quantitative estimate of drug-likeness (QED) is 0.619. The van der Waals surface area contributed by atoms with Crippen LogP contribution in [0.15, 0.2) is 6.20 Å². The van der Waals surface area contributed by atoms with Crippen molar-refractivity contribution < 1.29 is 18.3 Å². The van der Waals surface area contributed by atoms with Gasteiger partial charge in [-0.2, -0.15) is 0 Å². The molecule has 0 aliphatic rings. The van der Waals surface area contributed by atoms with Crippen LogP contribution in [0.25, 0.3) is 0 Å². The molecular formula is C9H8F2INO2. The SMILES string of the molecule is COC(=O)c1ncc(C)c(I)c1C(F)F. The average molecular weight is 327 g/mol. The van der Waals surface area contributed by atoms with Crippen LogP contribution in [-0.4, -0.2) is 18.1 Å². The summed E-state index contributed by atoms with van der Waals surface area (Å²) in [5, 5.41) is 0. The van der Waals surface area contributed by atoms with Crippen molar-refractivity contribution in [3.8, 4) is 0 Å². The standard InChI is InChI=1S/C9H8F2INO2/c1-4-3-13-7(9(14)15-2)5(6(4)12)8(10)11/h3,8H,1-2H3. The molecule has 0 aliphatic heterocycles. The molecule has 82 valence electrons. The van der Waals surface area contributed by atoms with Crippen LogP contribution >= 0.6 is 22.6 Å². The second-order valence-corrected chi connectivity index (χ2v) is 3.89. The number of hydrogen-bond donors (Lipinski definition) is 0. The molecule has 0 aromatic carbocycles. The minimum absolute atomic E-state index is 0.317. The van der Waals surface area contributed by atoms with Gasteiger partial charge >= 0.3 is 5.97 Å². The number of pyridine rings is 1. The maximum atomic E-state index is 12.7. The highest BCUT2D eigenvalue weighted by Gasteiger charge is 2.24. The molecule has 0 amide bonds. The summed E-state index contributed by atoms with van der Waals surface area (Å²) in [6, 6.07) is 0. The van der Waals surface area contributed by atoms with Crippen LogP contribution in [0.2, 0.25) is 0 Å². The van der Waals surface area contributed by atoms with Crippen molar-refractivity contribution in [2.75, 3.05) is 7.11 Å². The average Bonchev–Trinajstić information content (AvgIpc) is 2.20. The number of rotatable bonds is 2. The Morgan fingerprint density at radius 3 is 2.67 bits per heavy atom. The first-order chi connectivity index (χ1) is 6.99. The van der Waals surface area contributed by atoms with E-state index in [0.29, 0.717) is 9.13 Å².